The smallest absolute Gasteiger partial charge is 0.252 e. The number of rotatable bonds is 2. The maximum atomic E-state index is 10.9. The zero-order valence-electron chi connectivity index (χ0n) is 7.14. The molecule has 0 aromatic heterocycles. The highest BCUT2D eigenvalue weighted by Gasteiger charge is 2.43. The molecule has 6 nitrogen and oxygen atoms in total. The summed E-state index contributed by atoms with van der Waals surface area (Å²) in [5, 5.41) is 21.4. The molecule has 0 aromatic carbocycles. The van der Waals surface area contributed by atoms with Crippen molar-refractivity contribution in [2.45, 2.75) is 32.0 Å². The third kappa shape index (κ3) is 1.94. The van der Waals surface area contributed by atoms with Gasteiger partial charge in [0.05, 0.1) is 5.60 Å². The fourth-order valence-electron chi connectivity index (χ4n) is 0.400. The second-order valence-corrected chi connectivity index (χ2v) is 3.13. The van der Waals surface area contributed by atoms with Crippen molar-refractivity contribution in [3.63, 3.8) is 0 Å². The van der Waals surface area contributed by atoms with E-state index < -0.39 is 17.1 Å². The number of carbonyl (C=O) groups is 1. The van der Waals surface area contributed by atoms with Crippen molar-refractivity contribution >= 4 is 5.91 Å². The van der Waals surface area contributed by atoms with Crippen LogP contribution in [0.4, 0.5) is 0 Å². The van der Waals surface area contributed by atoms with E-state index in [2.05, 4.69) is 10.0 Å². The number of aliphatic hydroxyl groups is 2. The van der Waals surface area contributed by atoms with Crippen molar-refractivity contribution in [2.24, 2.45) is 5.11 Å². The van der Waals surface area contributed by atoms with Gasteiger partial charge in [0.1, 0.15) is 0 Å². The van der Waals surface area contributed by atoms with Gasteiger partial charge in [-0.15, -0.1) is 0 Å². The number of azide groups is 1. The van der Waals surface area contributed by atoms with Crippen molar-refractivity contribution in [3.8, 4) is 0 Å². The van der Waals surface area contributed by atoms with Crippen LogP contribution in [0.25, 0.3) is 10.4 Å². The van der Waals surface area contributed by atoms with Crippen molar-refractivity contribution in [2.75, 3.05) is 0 Å². The molecule has 0 heterocycles. The van der Waals surface area contributed by atoms with Crippen LogP contribution in [0.5, 0.6) is 0 Å². The van der Waals surface area contributed by atoms with Crippen LogP contribution in [0.2, 0.25) is 0 Å². The van der Waals surface area contributed by atoms with Crippen molar-refractivity contribution < 1.29 is 15.0 Å². The first kappa shape index (κ1) is 10.9. The van der Waals surface area contributed by atoms with Gasteiger partial charge in [0.2, 0.25) is 0 Å². The summed E-state index contributed by atoms with van der Waals surface area (Å²) in [4.78, 5) is 13.1. The zero-order valence-corrected chi connectivity index (χ0v) is 7.14. The summed E-state index contributed by atoms with van der Waals surface area (Å²) in [5.74, 6) is -1.10. The maximum absolute atomic E-state index is 10.9. The molecule has 0 aliphatic heterocycles. The van der Waals surface area contributed by atoms with E-state index in [1.54, 1.807) is 0 Å². The molecule has 0 aliphatic rings. The molecule has 2 N–H and O–H groups in total. The van der Waals surface area contributed by atoms with Crippen LogP contribution in [-0.2, 0) is 4.79 Å². The first-order valence-electron chi connectivity index (χ1n) is 3.27. The molecule has 1 atom stereocenters. The monoisotopic (exact) mass is 173 g/mol. The van der Waals surface area contributed by atoms with Crippen LogP contribution in [0.1, 0.15) is 20.8 Å². The fourth-order valence-corrected chi connectivity index (χ4v) is 0.400. The normalized spacial score (nSPS) is 16.1. The summed E-state index contributed by atoms with van der Waals surface area (Å²) >= 11 is 0. The Labute approximate surface area is 69.4 Å². The van der Waals surface area contributed by atoms with E-state index in [4.69, 9.17) is 5.53 Å². The minimum Gasteiger partial charge on any atom is -0.387 e. The van der Waals surface area contributed by atoms with Crippen LogP contribution in [0.15, 0.2) is 5.11 Å². The lowest BCUT2D eigenvalue weighted by atomic mass is 9.87. The highest BCUT2D eigenvalue weighted by atomic mass is 16.4. The predicted molar refractivity (Wildman–Crippen MR) is 41.1 cm³/mol. The molecule has 0 saturated carbocycles. The summed E-state index contributed by atoms with van der Waals surface area (Å²) in [5.41, 5.74) is 4.21. The van der Waals surface area contributed by atoms with E-state index in [1.165, 1.54) is 13.8 Å². The highest BCUT2D eigenvalue weighted by molar-refractivity contribution is 5.86. The number of amides is 1. The van der Waals surface area contributed by atoms with Gasteiger partial charge in [0, 0.05) is 4.91 Å². The van der Waals surface area contributed by atoms with Gasteiger partial charge in [0.25, 0.3) is 5.91 Å². The molecule has 0 aliphatic carbocycles. The van der Waals surface area contributed by atoms with Crippen LogP contribution in [0.3, 0.4) is 0 Å². The van der Waals surface area contributed by atoms with E-state index >= 15 is 0 Å². The Kier molecular flexibility index (Phi) is 2.82. The maximum Gasteiger partial charge on any atom is 0.252 e. The second kappa shape index (κ2) is 3.10. The van der Waals surface area contributed by atoms with Gasteiger partial charge in [-0.25, -0.2) is 0 Å². The first-order valence-corrected chi connectivity index (χ1v) is 3.27. The minimum absolute atomic E-state index is 1.09. The standard InChI is InChI=1S/C6H11N3O3/c1-5(2,11)6(3,12)4(10)8-9-7/h11-12H,1-3H3. The average molecular weight is 173 g/mol. The van der Waals surface area contributed by atoms with E-state index in [1.807, 2.05) is 0 Å². The van der Waals surface area contributed by atoms with Crippen molar-refractivity contribution in [1.29, 1.82) is 0 Å². The van der Waals surface area contributed by atoms with Crippen LogP contribution in [-0.4, -0.2) is 27.3 Å². The van der Waals surface area contributed by atoms with Crippen LogP contribution in [0, 0.1) is 0 Å². The van der Waals surface area contributed by atoms with Crippen LogP contribution < -0.4 is 0 Å². The molecule has 68 valence electrons. The molecule has 12 heavy (non-hydrogen) atoms. The topological polar surface area (TPSA) is 106 Å². The quantitative estimate of drug-likeness (QED) is 0.357. The average Bonchev–Trinajstić information content (AvgIpc) is 1.85. The lowest BCUT2D eigenvalue weighted by Gasteiger charge is -2.32. The molecule has 0 saturated heterocycles. The molecular weight excluding hydrogens is 162 g/mol. The summed E-state index contributed by atoms with van der Waals surface area (Å²) in [6.45, 7) is 3.58. The molecule has 0 radical (unpaired) electrons. The Morgan fingerprint density at radius 2 is 1.83 bits per heavy atom. The molecule has 1 amide bonds. The number of hydrogen-bond donors (Lipinski definition) is 2. The van der Waals surface area contributed by atoms with E-state index in [0.717, 1.165) is 6.92 Å². The van der Waals surface area contributed by atoms with Gasteiger partial charge in [-0.3, -0.25) is 4.79 Å². The summed E-state index contributed by atoms with van der Waals surface area (Å²) in [7, 11) is 0. The van der Waals surface area contributed by atoms with Gasteiger partial charge in [-0.05, 0) is 31.4 Å². The number of nitrogens with zero attached hydrogens (tertiary/aromatic N) is 3. The minimum atomic E-state index is -2.06. The first-order chi connectivity index (χ1) is 5.23. The number of carbonyl (C=O) groups excluding carboxylic acids is 1. The SMILES string of the molecule is CC(C)(O)C(C)(O)C(=O)N=[N+]=[N-]. The Morgan fingerprint density at radius 1 is 1.42 bits per heavy atom. The van der Waals surface area contributed by atoms with E-state index in [9.17, 15) is 15.0 Å². The predicted octanol–water partition coefficient (Wildman–Crippen LogP) is 0.345. The molecule has 0 rings (SSSR count). The van der Waals surface area contributed by atoms with E-state index in [0.29, 0.717) is 0 Å². The molecule has 0 bridgehead atoms. The highest BCUT2D eigenvalue weighted by Crippen LogP contribution is 2.22. The number of hydrogen-bond acceptors (Lipinski definition) is 3. The zero-order chi connectivity index (χ0) is 9.99. The third-order valence-corrected chi connectivity index (χ3v) is 1.74. The van der Waals surface area contributed by atoms with Gasteiger partial charge in [-0.1, -0.05) is 0 Å². The van der Waals surface area contributed by atoms with Crippen LogP contribution >= 0.6 is 0 Å². The summed E-state index contributed by atoms with van der Waals surface area (Å²) < 4.78 is 0. The summed E-state index contributed by atoms with van der Waals surface area (Å²) in [6, 6.07) is 0. The molecule has 0 spiro atoms. The van der Waals surface area contributed by atoms with Gasteiger partial charge < -0.3 is 10.2 Å². The Bertz CT molecular complexity index is 235. The lowest BCUT2D eigenvalue weighted by Crippen LogP contribution is -2.52. The fraction of sp³-hybridized carbons (Fsp3) is 0.833. The second-order valence-electron chi connectivity index (χ2n) is 3.13. The molecule has 0 fully saturated rings. The van der Waals surface area contributed by atoms with Gasteiger partial charge in [0.15, 0.2) is 5.60 Å². The van der Waals surface area contributed by atoms with Gasteiger partial charge in [-0.2, -0.15) is 0 Å². The van der Waals surface area contributed by atoms with E-state index in [-0.39, 0.29) is 0 Å². The Morgan fingerprint density at radius 3 is 2.08 bits per heavy atom. The van der Waals surface area contributed by atoms with Gasteiger partial charge >= 0.3 is 0 Å². The Balaban J connectivity index is 4.85. The van der Waals surface area contributed by atoms with Crippen molar-refractivity contribution in [1.82, 2.24) is 0 Å². The molecule has 6 heteroatoms. The van der Waals surface area contributed by atoms with Crippen molar-refractivity contribution in [3.05, 3.63) is 10.4 Å². The lowest BCUT2D eigenvalue weighted by molar-refractivity contribution is -0.160. The summed E-state index contributed by atoms with van der Waals surface area (Å²) in [6.07, 6.45) is 0. The third-order valence-electron chi connectivity index (χ3n) is 1.74. The molecule has 1 unspecified atom stereocenters. The molecular formula is C6H11N3O3. The largest absolute Gasteiger partial charge is 0.387 e. The molecule has 0 aromatic rings. The Hall–Kier alpha value is -1.10.